The minimum absolute atomic E-state index is 0.629. The van der Waals surface area contributed by atoms with Crippen LogP contribution in [-0.4, -0.2) is 14.7 Å². The molecule has 0 unspecified atom stereocenters. The molecule has 0 aromatic carbocycles. The number of aromatic nitrogens is 3. The molecule has 86 valence electrons. The normalized spacial score (nSPS) is 10.9. The van der Waals surface area contributed by atoms with Gasteiger partial charge in [-0.25, -0.2) is 0 Å². The van der Waals surface area contributed by atoms with Gasteiger partial charge in [0.2, 0.25) is 6.39 Å². The summed E-state index contributed by atoms with van der Waals surface area (Å²) in [5, 5.41) is 7.03. The molecule has 5 nitrogen and oxygen atoms in total. The standard InChI is InChI=1S/C11H16N4O/c1-8-4-10(9(2)15(8)3)5-12-6-11-13-7-16-14-11/h4,7,12H,5-6H2,1-3H3. The summed E-state index contributed by atoms with van der Waals surface area (Å²) in [4.78, 5) is 3.95. The first-order valence-corrected chi connectivity index (χ1v) is 5.26. The Bertz CT molecular complexity index is 459. The maximum Gasteiger partial charge on any atom is 0.213 e. The summed E-state index contributed by atoms with van der Waals surface area (Å²) in [5.41, 5.74) is 3.87. The van der Waals surface area contributed by atoms with Gasteiger partial charge < -0.3 is 14.4 Å². The first-order chi connectivity index (χ1) is 7.68. The van der Waals surface area contributed by atoms with Crippen LogP contribution in [0.4, 0.5) is 0 Å². The second-order valence-corrected chi connectivity index (χ2v) is 3.91. The van der Waals surface area contributed by atoms with Gasteiger partial charge in [0, 0.05) is 25.0 Å². The molecule has 0 aliphatic heterocycles. The second-order valence-electron chi connectivity index (χ2n) is 3.91. The molecule has 0 amide bonds. The fourth-order valence-electron chi connectivity index (χ4n) is 1.69. The summed E-state index contributed by atoms with van der Waals surface area (Å²) in [5.74, 6) is 0.685. The van der Waals surface area contributed by atoms with Crippen LogP contribution >= 0.6 is 0 Å². The summed E-state index contributed by atoms with van der Waals surface area (Å²) in [6.07, 6.45) is 1.34. The fourth-order valence-corrected chi connectivity index (χ4v) is 1.69. The number of nitrogens with one attached hydrogen (secondary N) is 1. The summed E-state index contributed by atoms with van der Waals surface area (Å²) in [7, 11) is 2.08. The Kier molecular flexibility index (Phi) is 3.05. The molecule has 2 aromatic heterocycles. The zero-order valence-electron chi connectivity index (χ0n) is 9.82. The molecule has 0 aliphatic carbocycles. The van der Waals surface area contributed by atoms with Crippen molar-refractivity contribution >= 4 is 0 Å². The number of aryl methyl sites for hydroxylation is 1. The minimum atomic E-state index is 0.629. The lowest BCUT2D eigenvalue weighted by Gasteiger charge is -2.03. The molecule has 1 N–H and O–H groups in total. The monoisotopic (exact) mass is 220 g/mol. The van der Waals surface area contributed by atoms with Crippen LogP contribution < -0.4 is 5.32 Å². The topological polar surface area (TPSA) is 55.9 Å². The molecule has 2 heterocycles. The number of rotatable bonds is 4. The highest BCUT2D eigenvalue weighted by Crippen LogP contribution is 2.12. The van der Waals surface area contributed by atoms with Gasteiger partial charge >= 0.3 is 0 Å². The molecule has 2 aromatic rings. The average molecular weight is 220 g/mol. The van der Waals surface area contributed by atoms with Gasteiger partial charge in [0.15, 0.2) is 5.82 Å². The summed E-state index contributed by atoms with van der Waals surface area (Å²) in [6, 6.07) is 2.19. The van der Waals surface area contributed by atoms with Crippen LogP contribution in [-0.2, 0) is 20.1 Å². The Balaban J connectivity index is 1.92. The van der Waals surface area contributed by atoms with Crippen molar-refractivity contribution < 1.29 is 4.52 Å². The van der Waals surface area contributed by atoms with Gasteiger partial charge in [-0.2, -0.15) is 4.98 Å². The highest BCUT2D eigenvalue weighted by atomic mass is 16.5. The first kappa shape index (κ1) is 10.9. The van der Waals surface area contributed by atoms with E-state index in [-0.39, 0.29) is 0 Å². The van der Waals surface area contributed by atoms with Crippen LogP contribution in [0, 0.1) is 13.8 Å². The Morgan fingerprint density at radius 1 is 1.38 bits per heavy atom. The van der Waals surface area contributed by atoms with Gasteiger partial charge in [-0.3, -0.25) is 0 Å². The summed E-state index contributed by atoms with van der Waals surface area (Å²) < 4.78 is 6.84. The van der Waals surface area contributed by atoms with Crippen molar-refractivity contribution in [2.75, 3.05) is 0 Å². The molecule has 0 saturated heterocycles. The van der Waals surface area contributed by atoms with Gasteiger partial charge in [-0.05, 0) is 25.5 Å². The number of hydrogen-bond acceptors (Lipinski definition) is 4. The lowest BCUT2D eigenvalue weighted by molar-refractivity contribution is 0.407. The molecule has 5 heteroatoms. The van der Waals surface area contributed by atoms with Crippen molar-refractivity contribution in [1.82, 2.24) is 20.0 Å². The number of hydrogen-bond donors (Lipinski definition) is 1. The van der Waals surface area contributed by atoms with Crippen LogP contribution in [0.25, 0.3) is 0 Å². The van der Waals surface area contributed by atoms with Crippen molar-refractivity contribution in [3.63, 3.8) is 0 Å². The minimum Gasteiger partial charge on any atom is -0.352 e. The van der Waals surface area contributed by atoms with Crippen LogP contribution in [0.15, 0.2) is 17.0 Å². The van der Waals surface area contributed by atoms with Crippen LogP contribution in [0.3, 0.4) is 0 Å². The Hall–Kier alpha value is -1.62. The van der Waals surface area contributed by atoms with E-state index in [1.165, 1.54) is 23.3 Å². The molecular weight excluding hydrogens is 204 g/mol. The molecule has 0 radical (unpaired) electrons. The molecule has 0 fully saturated rings. The van der Waals surface area contributed by atoms with Gasteiger partial charge in [0.25, 0.3) is 0 Å². The lowest BCUT2D eigenvalue weighted by Crippen LogP contribution is -2.14. The van der Waals surface area contributed by atoms with Crippen molar-refractivity contribution in [2.24, 2.45) is 7.05 Å². The van der Waals surface area contributed by atoms with Crippen molar-refractivity contribution in [3.05, 3.63) is 35.2 Å². The van der Waals surface area contributed by atoms with Crippen LogP contribution in [0.5, 0.6) is 0 Å². The second kappa shape index (κ2) is 4.49. The van der Waals surface area contributed by atoms with Crippen molar-refractivity contribution in [2.45, 2.75) is 26.9 Å². The van der Waals surface area contributed by atoms with Crippen molar-refractivity contribution in [1.29, 1.82) is 0 Å². The summed E-state index contributed by atoms with van der Waals surface area (Å²) >= 11 is 0. The third-order valence-electron chi connectivity index (χ3n) is 2.89. The predicted octanol–water partition coefficient (Wildman–Crippen LogP) is 1.31. The largest absolute Gasteiger partial charge is 0.352 e. The van der Waals surface area contributed by atoms with E-state index >= 15 is 0 Å². The third kappa shape index (κ3) is 2.14. The fraction of sp³-hybridized carbons (Fsp3) is 0.455. The van der Waals surface area contributed by atoms with Crippen LogP contribution in [0.2, 0.25) is 0 Å². The molecule has 0 bridgehead atoms. The third-order valence-corrected chi connectivity index (χ3v) is 2.89. The lowest BCUT2D eigenvalue weighted by atomic mass is 10.2. The van der Waals surface area contributed by atoms with E-state index in [0.29, 0.717) is 12.4 Å². The molecule has 2 rings (SSSR count). The quantitative estimate of drug-likeness (QED) is 0.844. The predicted molar refractivity (Wildman–Crippen MR) is 59.7 cm³/mol. The SMILES string of the molecule is Cc1cc(CNCc2ncon2)c(C)n1C. The number of nitrogens with zero attached hydrogens (tertiary/aromatic N) is 3. The van der Waals surface area contributed by atoms with Gasteiger partial charge in [0.05, 0.1) is 6.54 Å². The highest BCUT2D eigenvalue weighted by Gasteiger charge is 2.05. The Morgan fingerprint density at radius 2 is 2.19 bits per heavy atom. The Morgan fingerprint density at radius 3 is 2.75 bits per heavy atom. The Labute approximate surface area is 94.5 Å². The first-order valence-electron chi connectivity index (χ1n) is 5.26. The molecule has 0 aliphatic rings. The molecule has 0 spiro atoms. The maximum atomic E-state index is 4.66. The van der Waals surface area contributed by atoms with E-state index in [2.05, 4.69) is 51.5 Å². The molecule has 0 atom stereocenters. The van der Waals surface area contributed by atoms with E-state index in [1.54, 1.807) is 0 Å². The zero-order chi connectivity index (χ0) is 11.5. The van der Waals surface area contributed by atoms with Crippen molar-refractivity contribution in [3.8, 4) is 0 Å². The average Bonchev–Trinajstić information content (AvgIpc) is 2.85. The molecule has 0 saturated carbocycles. The van der Waals surface area contributed by atoms with E-state index in [4.69, 9.17) is 0 Å². The highest BCUT2D eigenvalue weighted by molar-refractivity contribution is 5.26. The van der Waals surface area contributed by atoms with Gasteiger partial charge in [0.1, 0.15) is 0 Å². The smallest absolute Gasteiger partial charge is 0.213 e. The van der Waals surface area contributed by atoms with E-state index in [9.17, 15) is 0 Å². The summed E-state index contributed by atoms with van der Waals surface area (Å²) in [6.45, 7) is 5.68. The molecular formula is C11H16N4O. The maximum absolute atomic E-state index is 4.66. The van der Waals surface area contributed by atoms with Gasteiger partial charge in [-0.15, -0.1) is 0 Å². The zero-order valence-corrected chi connectivity index (χ0v) is 9.82. The van der Waals surface area contributed by atoms with Crippen LogP contribution in [0.1, 0.15) is 22.8 Å². The van der Waals surface area contributed by atoms with E-state index in [1.807, 2.05) is 0 Å². The van der Waals surface area contributed by atoms with Gasteiger partial charge in [-0.1, -0.05) is 5.16 Å². The molecule has 16 heavy (non-hydrogen) atoms. The van der Waals surface area contributed by atoms with E-state index < -0.39 is 0 Å². The van der Waals surface area contributed by atoms with E-state index in [0.717, 1.165) is 6.54 Å².